The molecule has 0 amide bonds. The lowest BCUT2D eigenvalue weighted by Gasteiger charge is -2.04. The minimum absolute atomic E-state index is 0.0323. The van der Waals surface area contributed by atoms with Crippen molar-refractivity contribution >= 4 is 39.2 Å². The molecule has 0 saturated heterocycles. The summed E-state index contributed by atoms with van der Waals surface area (Å²) in [5.41, 5.74) is -0.556. The van der Waals surface area contributed by atoms with E-state index in [0.717, 1.165) is 23.5 Å². The molecule has 0 aliphatic rings. The Hall–Kier alpha value is -3.12. The summed E-state index contributed by atoms with van der Waals surface area (Å²) in [4.78, 5) is 15.5. The molecule has 0 N–H and O–H groups in total. The number of thiazole rings is 1. The Balaban J connectivity index is 1.99. The molecule has 0 spiro atoms. The van der Waals surface area contributed by atoms with Crippen LogP contribution in [0.1, 0.15) is 26.9 Å². The van der Waals surface area contributed by atoms with Crippen LogP contribution in [-0.4, -0.2) is 18.1 Å². The van der Waals surface area contributed by atoms with Crippen molar-refractivity contribution in [3.63, 3.8) is 0 Å². The number of esters is 1. The van der Waals surface area contributed by atoms with E-state index in [-0.39, 0.29) is 27.6 Å². The molecule has 0 atom stereocenters. The molecule has 1 aromatic carbocycles. The number of allylic oxidation sites excluding steroid dienone is 1. The fourth-order valence-electron chi connectivity index (χ4n) is 2.14. The fraction of sp³-hybridized carbons (Fsp3) is 0.118. The van der Waals surface area contributed by atoms with Crippen LogP contribution < -0.4 is 0 Å². The molecule has 2 aromatic heterocycles. The fourth-order valence-corrected chi connectivity index (χ4v) is 3.06. The Morgan fingerprint density at radius 1 is 1.35 bits per heavy atom. The quantitative estimate of drug-likeness (QED) is 0.485. The summed E-state index contributed by atoms with van der Waals surface area (Å²) in [6.45, 7) is 0. The van der Waals surface area contributed by atoms with Gasteiger partial charge in [0.25, 0.3) is 0 Å². The normalized spacial score (nSPS) is 12.2. The number of nitriles is 1. The third-order valence-electron chi connectivity index (χ3n) is 3.37. The van der Waals surface area contributed by atoms with Gasteiger partial charge in [-0.1, -0.05) is 0 Å². The summed E-state index contributed by atoms with van der Waals surface area (Å²) < 4.78 is 48.7. The standard InChI is InChI=1S/C17H9F3N2O3S/c1-24-16(23)13-4-3-11(25-13)6-9(8-21)15-22-12-7-10(17(18,19)20)2-5-14(12)26-15/h2-7H,1H3/b9-6+. The Morgan fingerprint density at radius 2 is 2.12 bits per heavy atom. The second kappa shape index (κ2) is 6.65. The van der Waals surface area contributed by atoms with E-state index in [0.29, 0.717) is 4.70 Å². The predicted molar refractivity (Wildman–Crippen MR) is 88.2 cm³/mol. The third kappa shape index (κ3) is 3.45. The summed E-state index contributed by atoms with van der Waals surface area (Å²) in [6, 6.07) is 8.02. The van der Waals surface area contributed by atoms with E-state index in [1.54, 1.807) is 0 Å². The zero-order valence-corrected chi connectivity index (χ0v) is 13.9. The summed E-state index contributed by atoms with van der Waals surface area (Å²) in [6.07, 6.45) is -3.11. The van der Waals surface area contributed by atoms with Crippen LogP contribution in [0.15, 0.2) is 34.7 Å². The lowest BCUT2D eigenvalue weighted by molar-refractivity contribution is -0.137. The van der Waals surface area contributed by atoms with Crippen LogP contribution in [-0.2, 0) is 10.9 Å². The van der Waals surface area contributed by atoms with E-state index in [1.807, 2.05) is 6.07 Å². The highest BCUT2D eigenvalue weighted by molar-refractivity contribution is 7.19. The number of hydrogen-bond donors (Lipinski definition) is 0. The van der Waals surface area contributed by atoms with Crippen LogP contribution in [0.4, 0.5) is 13.2 Å². The highest BCUT2D eigenvalue weighted by atomic mass is 32.1. The van der Waals surface area contributed by atoms with Gasteiger partial charge in [0.2, 0.25) is 5.76 Å². The number of fused-ring (bicyclic) bond motifs is 1. The number of carbonyl (C=O) groups is 1. The predicted octanol–water partition coefficient (Wildman–Crippen LogP) is 4.76. The van der Waals surface area contributed by atoms with Crippen LogP contribution >= 0.6 is 11.3 Å². The average Bonchev–Trinajstić information content (AvgIpc) is 3.24. The molecule has 3 rings (SSSR count). The van der Waals surface area contributed by atoms with Crippen molar-refractivity contribution in [3.05, 3.63) is 52.4 Å². The van der Waals surface area contributed by atoms with Crippen molar-refractivity contribution < 1.29 is 27.1 Å². The minimum Gasteiger partial charge on any atom is -0.463 e. The zero-order valence-electron chi connectivity index (χ0n) is 13.1. The van der Waals surface area contributed by atoms with Crippen molar-refractivity contribution in [1.82, 2.24) is 4.98 Å². The van der Waals surface area contributed by atoms with Gasteiger partial charge in [-0.05, 0) is 30.3 Å². The van der Waals surface area contributed by atoms with Crippen LogP contribution in [0.3, 0.4) is 0 Å². The van der Waals surface area contributed by atoms with Gasteiger partial charge in [-0.2, -0.15) is 18.4 Å². The molecule has 3 aromatic rings. The van der Waals surface area contributed by atoms with Crippen LogP contribution in [0.2, 0.25) is 0 Å². The lowest BCUT2D eigenvalue weighted by Crippen LogP contribution is -2.03. The van der Waals surface area contributed by atoms with E-state index in [1.165, 1.54) is 31.4 Å². The number of rotatable bonds is 3. The lowest BCUT2D eigenvalue weighted by atomic mass is 10.2. The van der Waals surface area contributed by atoms with E-state index in [2.05, 4.69) is 9.72 Å². The van der Waals surface area contributed by atoms with Gasteiger partial charge in [0, 0.05) is 6.08 Å². The Bertz CT molecular complexity index is 1060. The molecule has 0 unspecified atom stereocenters. The second-order valence-corrected chi connectivity index (χ2v) is 6.09. The molecule has 26 heavy (non-hydrogen) atoms. The zero-order chi connectivity index (χ0) is 18.9. The smallest absolute Gasteiger partial charge is 0.416 e. The van der Waals surface area contributed by atoms with Crippen molar-refractivity contribution in [2.75, 3.05) is 7.11 Å². The van der Waals surface area contributed by atoms with Crippen LogP contribution in [0.5, 0.6) is 0 Å². The first-order valence-electron chi connectivity index (χ1n) is 7.10. The van der Waals surface area contributed by atoms with Crippen molar-refractivity contribution in [2.24, 2.45) is 0 Å². The molecule has 5 nitrogen and oxygen atoms in total. The van der Waals surface area contributed by atoms with E-state index < -0.39 is 17.7 Å². The van der Waals surface area contributed by atoms with Gasteiger partial charge in [-0.15, -0.1) is 11.3 Å². The van der Waals surface area contributed by atoms with Gasteiger partial charge >= 0.3 is 12.1 Å². The first-order valence-corrected chi connectivity index (χ1v) is 7.91. The SMILES string of the molecule is COC(=O)c1ccc(/C=C(\C#N)c2nc3cc(C(F)(F)F)ccc3s2)o1. The maximum Gasteiger partial charge on any atom is 0.416 e. The maximum atomic E-state index is 12.8. The topological polar surface area (TPSA) is 76.1 Å². The van der Waals surface area contributed by atoms with Gasteiger partial charge in [-0.3, -0.25) is 0 Å². The number of aromatic nitrogens is 1. The number of furan rings is 1. The highest BCUT2D eigenvalue weighted by Crippen LogP contribution is 2.34. The molecule has 9 heteroatoms. The molecule has 0 bridgehead atoms. The van der Waals surface area contributed by atoms with Crippen LogP contribution in [0, 0.1) is 11.3 Å². The first-order chi connectivity index (χ1) is 12.3. The monoisotopic (exact) mass is 378 g/mol. The van der Waals surface area contributed by atoms with E-state index in [9.17, 15) is 23.2 Å². The summed E-state index contributed by atoms with van der Waals surface area (Å²) in [7, 11) is 1.21. The summed E-state index contributed by atoms with van der Waals surface area (Å²) in [5.74, 6) is -0.477. The average molecular weight is 378 g/mol. The largest absolute Gasteiger partial charge is 0.463 e. The number of hydrogen-bond acceptors (Lipinski definition) is 6. The summed E-state index contributed by atoms with van der Waals surface area (Å²) >= 11 is 1.08. The van der Waals surface area contributed by atoms with Gasteiger partial charge in [0.1, 0.15) is 16.8 Å². The number of carbonyl (C=O) groups excluding carboxylic acids is 1. The molecule has 0 aliphatic carbocycles. The highest BCUT2D eigenvalue weighted by Gasteiger charge is 2.30. The Labute approximate surface area is 148 Å². The number of methoxy groups -OCH3 is 1. The molecular formula is C17H9F3N2O3S. The maximum absolute atomic E-state index is 12.8. The second-order valence-electron chi connectivity index (χ2n) is 5.06. The third-order valence-corrected chi connectivity index (χ3v) is 4.44. The van der Waals surface area contributed by atoms with Gasteiger partial charge in [0.15, 0.2) is 0 Å². The van der Waals surface area contributed by atoms with E-state index in [4.69, 9.17) is 4.42 Å². The molecule has 0 saturated carbocycles. The number of benzene rings is 1. The number of ether oxygens (including phenoxy) is 1. The molecule has 0 aliphatic heterocycles. The molecule has 132 valence electrons. The van der Waals surface area contributed by atoms with Gasteiger partial charge in [0.05, 0.1) is 28.5 Å². The molecule has 0 fully saturated rings. The Morgan fingerprint density at radius 3 is 2.77 bits per heavy atom. The first kappa shape index (κ1) is 17.7. The number of nitrogens with zero attached hydrogens (tertiary/aromatic N) is 2. The molecule has 2 heterocycles. The van der Waals surface area contributed by atoms with Crippen LogP contribution in [0.25, 0.3) is 21.9 Å². The Kier molecular flexibility index (Phi) is 4.52. The molecule has 0 radical (unpaired) electrons. The van der Waals surface area contributed by atoms with E-state index >= 15 is 0 Å². The molecular weight excluding hydrogens is 369 g/mol. The minimum atomic E-state index is -4.47. The van der Waals surface area contributed by atoms with Crippen molar-refractivity contribution in [1.29, 1.82) is 5.26 Å². The number of alkyl halides is 3. The van der Waals surface area contributed by atoms with Crippen molar-refractivity contribution in [3.8, 4) is 6.07 Å². The van der Waals surface area contributed by atoms with Gasteiger partial charge < -0.3 is 9.15 Å². The van der Waals surface area contributed by atoms with Gasteiger partial charge in [-0.25, -0.2) is 9.78 Å². The summed E-state index contributed by atoms with van der Waals surface area (Å²) in [5, 5.41) is 9.60. The number of halogens is 3. The van der Waals surface area contributed by atoms with Crippen molar-refractivity contribution in [2.45, 2.75) is 6.18 Å².